The Balaban J connectivity index is 0.00000256. The molecular weight excluding hydrogens is 406 g/mol. The first-order valence-electron chi connectivity index (χ1n) is 10.2. The van der Waals surface area contributed by atoms with Gasteiger partial charge >= 0.3 is 5.69 Å². The van der Waals surface area contributed by atoms with Gasteiger partial charge in [0.2, 0.25) is 0 Å². The molecule has 3 heterocycles. The second-order valence-corrected chi connectivity index (χ2v) is 8.18. The summed E-state index contributed by atoms with van der Waals surface area (Å²) in [6, 6.07) is 7.52. The predicted molar refractivity (Wildman–Crippen MR) is 116 cm³/mol. The predicted octanol–water partition coefficient (Wildman–Crippen LogP) is 2.95. The molecule has 2 saturated heterocycles. The van der Waals surface area contributed by atoms with E-state index in [1.807, 2.05) is 29.2 Å². The Hall–Kier alpha value is -2.45. The maximum atomic E-state index is 12.9. The topological polar surface area (TPSA) is 93.3 Å². The van der Waals surface area contributed by atoms with E-state index in [4.69, 9.17) is 0 Å². The number of rotatable bonds is 4. The quantitative estimate of drug-likeness (QED) is 0.591. The van der Waals surface area contributed by atoms with Crippen LogP contribution in [0.25, 0.3) is 0 Å². The van der Waals surface area contributed by atoms with Crippen LogP contribution in [0.3, 0.4) is 0 Å². The van der Waals surface area contributed by atoms with E-state index in [0.29, 0.717) is 35.3 Å². The third kappa shape index (κ3) is 4.34. The number of aromatic nitrogens is 2. The summed E-state index contributed by atoms with van der Waals surface area (Å²) in [5.74, 6) is 1.48. The van der Waals surface area contributed by atoms with E-state index in [-0.39, 0.29) is 28.9 Å². The van der Waals surface area contributed by atoms with E-state index < -0.39 is 0 Å². The molecule has 1 N–H and O–H groups in total. The van der Waals surface area contributed by atoms with E-state index in [2.05, 4.69) is 10.4 Å². The van der Waals surface area contributed by atoms with Gasteiger partial charge in [-0.05, 0) is 69.3 Å². The second kappa shape index (κ2) is 9.14. The summed E-state index contributed by atoms with van der Waals surface area (Å²) in [5.41, 5.74) is 2.67. The van der Waals surface area contributed by atoms with Gasteiger partial charge in [0.1, 0.15) is 11.4 Å². The molecule has 8 nitrogen and oxygen atoms in total. The van der Waals surface area contributed by atoms with Gasteiger partial charge in [-0.1, -0.05) is 12.1 Å². The summed E-state index contributed by atoms with van der Waals surface area (Å²) in [6.07, 6.45) is 2.14. The van der Waals surface area contributed by atoms with Crippen molar-refractivity contribution in [2.75, 3.05) is 26.2 Å². The summed E-state index contributed by atoms with van der Waals surface area (Å²) >= 11 is 0. The number of fused-ring (bicyclic) bond motifs is 1. The van der Waals surface area contributed by atoms with Crippen LogP contribution in [0.15, 0.2) is 24.3 Å². The fourth-order valence-electron chi connectivity index (χ4n) is 4.64. The van der Waals surface area contributed by atoms with E-state index >= 15 is 0 Å². The van der Waals surface area contributed by atoms with Crippen LogP contribution in [0.4, 0.5) is 5.69 Å². The highest BCUT2D eigenvalue weighted by atomic mass is 35.5. The molecule has 2 atom stereocenters. The minimum absolute atomic E-state index is 0. The van der Waals surface area contributed by atoms with Gasteiger partial charge in [0, 0.05) is 18.7 Å². The first-order valence-corrected chi connectivity index (χ1v) is 10.2. The zero-order valence-corrected chi connectivity index (χ0v) is 18.2. The molecule has 0 bridgehead atoms. The number of halogens is 1. The van der Waals surface area contributed by atoms with Crippen molar-refractivity contribution in [3.63, 3.8) is 0 Å². The van der Waals surface area contributed by atoms with E-state index in [1.165, 1.54) is 0 Å². The number of amides is 1. The number of hydrogen-bond donors (Lipinski definition) is 1. The third-order valence-electron chi connectivity index (χ3n) is 6.37. The van der Waals surface area contributed by atoms with Gasteiger partial charge in [0.15, 0.2) is 0 Å². The van der Waals surface area contributed by atoms with Gasteiger partial charge in [-0.25, -0.2) is 0 Å². The average molecular weight is 434 g/mol. The van der Waals surface area contributed by atoms with Crippen LogP contribution in [0.1, 0.15) is 40.2 Å². The first-order chi connectivity index (χ1) is 13.9. The molecule has 1 aromatic heterocycles. The van der Waals surface area contributed by atoms with E-state index in [9.17, 15) is 14.9 Å². The van der Waals surface area contributed by atoms with Gasteiger partial charge in [0.25, 0.3) is 5.91 Å². The van der Waals surface area contributed by atoms with Crippen molar-refractivity contribution >= 4 is 24.0 Å². The summed E-state index contributed by atoms with van der Waals surface area (Å²) in [7, 11) is 0. The molecule has 1 amide bonds. The molecule has 0 aliphatic carbocycles. The Morgan fingerprint density at radius 2 is 1.77 bits per heavy atom. The van der Waals surface area contributed by atoms with Crippen LogP contribution in [0, 0.1) is 35.8 Å². The highest BCUT2D eigenvalue weighted by molar-refractivity contribution is 5.94. The van der Waals surface area contributed by atoms with Gasteiger partial charge in [-0.2, -0.15) is 5.10 Å². The molecule has 2 fully saturated rings. The smallest absolute Gasteiger partial charge is 0.312 e. The summed E-state index contributed by atoms with van der Waals surface area (Å²) in [5, 5.41) is 18.9. The number of likely N-dealkylation sites (tertiary alicyclic amines) is 1. The normalized spacial score (nSPS) is 20.9. The molecule has 0 spiro atoms. The van der Waals surface area contributed by atoms with Crippen molar-refractivity contribution in [1.29, 1.82) is 0 Å². The SMILES string of the molecule is Cc1nn(Cc2ccc(C(=O)N3CC[C@@H]4CNC[C@@H]4CC3)cc2)c(C)c1[N+](=O)[O-].Cl. The molecule has 0 unspecified atom stereocenters. The Labute approximate surface area is 182 Å². The summed E-state index contributed by atoms with van der Waals surface area (Å²) in [6.45, 7) is 7.58. The molecule has 2 aromatic rings. The fourth-order valence-corrected chi connectivity index (χ4v) is 4.64. The van der Waals surface area contributed by atoms with Gasteiger partial charge in [-0.3, -0.25) is 19.6 Å². The Kier molecular flexibility index (Phi) is 6.77. The molecule has 2 aliphatic heterocycles. The number of benzene rings is 1. The molecular formula is C21H28ClN5O3. The van der Waals surface area contributed by atoms with Crippen molar-refractivity contribution in [2.24, 2.45) is 11.8 Å². The average Bonchev–Trinajstić information content (AvgIpc) is 3.19. The number of aryl methyl sites for hydroxylation is 1. The molecule has 9 heteroatoms. The number of carbonyl (C=O) groups excluding carboxylic acids is 1. The lowest BCUT2D eigenvalue weighted by atomic mass is 9.92. The lowest BCUT2D eigenvalue weighted by Gasteiger charge is -2.21. The third-order valence-corrected chi connectivity index (χ3v) is 6.37. The number of hydrogen-bond acceptors (Lipinski definition) is 5. The lowest BCUT2D eigenvalue weighted by Crippen LogP contribution is -2.32. The fraction of sp³-hybridized carbons (Fsp3) is 0.524. The lowest BCUT2D eigenvalue weighted by molar-refractivity contribution is -0.386. The standard InChI is InChI=1S/C21H27N5O3.ClH/c1-14-20(26(28)29)15(2)25(23-14)13-16-3-5-17(6-4-16)21(27)24-9-7-18-11-22-12-19(18)8-10-24;/h3-6,18-19,22H,7-13H2,1-2H3;1H/t18-,19+;. The first kappa shape index (κ1) is 22.2. The molecule has 0 saturated carbocycles. The maximum Gasteiger partial charge on any atom is 0.312 e. The van der Waals surface area contributed by atoms with Gasteiger partial charge in [0.05, 0.1) is 11.5 Å². The molecule has 162 valence electrons. The second-order valence-electron chi connectivity index (χ2n) is 8.18. The largest absolute Gasteiger partial charge is 0.339 e. The van der Waals surface area contributed by atoms with Crippen LogP contribution in [-0.2, 0) is 6.54 Å². The molecule has 0 radical (unpaired) electrons. The Bertz CT molecular complexity index is 913. The highest BCUT2D eigenvalue weighted by Gasteiger charge is 2.31. The zero-order valence-electron chi connectivity index (χ0n) is 17.3. The molecule has 30 heavy (non-hydrogen) atoms. The summed E-state index contributed by atoms with van der Waals surface area (Å²) in [4.78, 5) is 25.7. The number of nitrogens with one attached hydrogen (secondary N) is 1. The van der Waals surface area contributed by atoms with E-state index in [1.54, 1.807) is 18.5 Å². The Morgan fingerprint density at radius 1 is 1.17 bits per heavy atom. The Morgan fingerprint density at radius 3 is 2.30 bits per heavy atom. The van der Waals surface area contributed by atoms with Crippen LogP contribution in [-0.4, -0.2) is 51.7 Å². The molecule has 1 aromatic carbocycles. The molecule has 2 aliphatic rings. The van der Waals surface area contributed by atoms with Crippen molar-refractivity contribution in [3.05, 3.63) is 56.9 Å². The zero-order chi connectivity index (χ0) is 20.5. The monoisotopic (exact) mass is 433 g/mol. The number of carbonyl (C=O) groups is 1. The highest BCUT2D eigenvalue weighted by Crippen LogP contribution is 2.28. The van der Waals surface area contributed by atoms with Crippen LogP contribution in [0.5, 0.6) is 0 Å². The maximum absolute atomic E-state index is 12.9. The number of nitrogens with zero attached hydrogens (tertiary/aromatic N) is 4. The molecule has 4 rings (SSSR count). The van der Waals surface area contributed by atoms with Crippen molar-refractivity contribution in [2.45, 2.75) is 33.2 Å². The van der Waals surface area contributed by atoms with Crippen molar-refractivity contribution in [1.82, 2.24) is 20.0 Å². The van der Waals surface area contributed by atoms with Gasteiger partial charge in [-0.15, -0.1) is 12.4 Å². The minimum atomic E-state index is -0.388. The van der Waals surface area contributed by atoms with Crippen molar-refractivity contribution in [3.8, 4) is 0 Å². The number of nitro groups is 1. The summed E-state index contributed by atoms with van der Waals surface area (Å²) < 4.78 is 1.64. The van der Waals surface area contributed by atoms with Crippen LogP contribution in [0.2, 0.25) is 0 Å². The van der Waals surface area contributed by atoms with Crippen molar-refractivity contribution < 1.29 is 9.72 Å². The van der Waals surface area contributed by atoms with E-state index in [0.717, 1.165) is 44.6 Å². The van der Waals surface area contributed by atoms with Crippen LogP contribution >= 0.6 is 12.4 Å². The minimum Gasteiger partial charge on any atom is -0.339 e. The van der Waals surface area contributed by atoms with Crippen LogP contribution < -0.4 is 5.32 Å². The van der Waals surface area contributed by atoms with Gasteiger partial charge < -0.3 is 10.2 Å².